The van der Waals surface area contributed by atoms with Crippen LogP contribution in [0.4, 0.5) is 0 Å². The molecule has 0 saturated carbocycles. The molecule has 3 heterocycles. The SMILES string of the molecule is Cc1cccc(-n2ccc3c(c(C)nc4ncnn43)c2=O)c1. The summed E-state index contributed by atoms with van der Waals surface area (Å²) in [5, 5.41) is 4.70. The first-order chi connectivity index (χ1) is 10.6. The van der Waals surface area contributed by atoms with E-state index in [0.717, 1.165) is 11.3 Å². The van der Waals surface area contributed by atoms with E-state index in [0.29, 0.717) is 22.4 Å². The topological polar surface area (TPSA) is 65.1 Å². The predicted molar refractivity (Wildman–Crippen MR) is 83.4 cm³/mol. The van der Waals surface area contributed by atoms with Gasteiger partial charge in [-0.05, 0) is 37.6 Å². The lowest BCUT2D eigenvalue weighted by Crippen LogP contribution is -2.20. The molecule has 0 aliphatic rings. The van der Waals surface area contributed by atoms with Crippen LogP contribution in [0.3, 0.4) is 0 Å². The first-order valence-electron chi connectivity index (χ1n) is 6.94. The van der Waals surface area contributed by atoms with Gasteiger partial charge >= 0.3 is 0 Å². The van der Waals surface area contributed by atoms with E-state index < -0.39 is 0 Å². The minimum atomic E-state index is -0.106. The predicted octanol–water partition coefficient (Wildman–Crippen LogP) is 2.05. The largest absolute Gasteiger partial charge is 0.284 e. The number of aromatic nitrogens is 5. The van der Waals surface area contributed by atoms with Crippen molar-refractivity contribution in [2.24, 2.45) is 0 Å². The average molecular weight is 291 g/mol. The van der Waals surface area contributed by atoms with Crippen LogP contribution in [0.25, 0.3) is 22.4 Å². The third kappa shape index (κ3) is 1.74. The molecular formula is C16H13N5O. The van der Waals surface area contributed by atoms with Gasteiger partial charge in [-0.3, -0.25) is 9.36 Å². The first-order valence-corrected chi connectivity index (χ1v) is 6.94. The molecule has 0 aliphatic heterocycles. The van der Waals surface area contributed by atoms with Gasteiger partial charge in [0.1, 0.15) is 6.33 Å². The lowest BCUT2D eigenvalue weighted by Gasteiger charge is -2.09. The number of aryl methyl sites for hydroxylation is 2. The fourth-order valence-corrected chi connectivity index (χ4v) is 2.71. The lowest BCUT2D eigenvalue weighted by atomic mass is 10.2. The fraction of sp³-hybridized carbons (Fsp3) is 0.125. The fourth-order valence-electron chi connectivity index (χ4n) is 2.71. The van der Waals surface area contributed by atoms with Gasteiger partial charge in [0.05, 0.1) is 16.6 Å². The monoisotopic (exact) mass is 291 g/mol. The van der Waals surface area contributed by atoms with Gasteiger partial charge < -0.3 is 0 Å². The van der Waals surface area contributed by atoms with Gasteiger partial charge in [0.2, 0.25) is 0 Å². The van der Waals surface area contributed by atoms with Crippen molar-refractivity contribution >= 4 is 16.7 Å². The molecule has 0 spiro atoms. The van der Waals surface area contributed by atoms with E-state index in [4.69, 9.17) is 0 Å². The number of rotatable bonds is 1. The summed E-state index contributed by atoms with van der Waals surface area (Å²) in [6.45, 7) is 3.82. The molecule has 1 aromatic carbocycles. The number of benzene rings is 1. The second kappa shape index (κ2) is 4.49. The molecule has 22 heavy (non-hydrogen) atoms. The Morgan fingerprint density at radius 3 is 2.82 bits per heavy atom. The zero-order valence-corrected chi connectivity index (χ0v) is 12.2. The lowest BCUT2D eigenvalue weighted by molar-refractivity contribution is 0.948. The Labute approximate surface area is 125 Å². The molecule has 0 bridgehead atoms. The van der Waals surface area contributed by atoms with Crippen molar-refractivity contribution in [3.05, 3.63) is 64.5 Å². The molecule has 0 aliphatic carbocycles. The van der Waals surface area contributed by atoms with Gasteiger partial charge in [-0.1, -0.05) is 12.1 Å². The van der Waals surface area contributed by atoms with Crippen molar-refractivity contribution in [3.8, 4) is 5.69 Å². The molecule has 0 N–H and O–H groups in total. The molecule has 6 nitrogen and oxygen atoms in total. The Balaban J connectivity index is 2.12. The van der Waals surface area contributed by atoms with Gasteiger partial charge in [-0.2, -0.15) is 14.6 Å². The van der Waals surface area contributed by atoms with Crippen molar-refractivity contribution in [2.75, 3.05) is 0 Å². The Morgan fingerprint density at radius 1 is 1.14 bits per heavy atom. The molecule has 4 rings (SSSR count). The smallest absolute Gasteiger partial charge is 0.266 e. The van der Waals surface area contributed by atoms with Gasteiger partial charge in [0.15, 0.2) is 0 Å². The van der Waals surface area contributed by atoms with Crippen LogP contribution in [0.2, 0.25) is 0 Å². The van der Waals surface area contributed by atoms with Crippen LogP contribution < -0.4 is 5.56 Å². The van der Waals surface area contributed by atoms with Crippen LogP contribution in [-0.4, -0.2) is 24.1 Å². The van der Waals surface area contributed by atoms with Crippen LogP contribution >= 0.6 is 0 Å². The van der Waals surface area contributed by atoms with E-state index in [2.05, 4.69) is 15.1 Å². The summed E-state index contributed by atoms with van der Waals surface area (Å²) in [6.07, 6.45) is 3.20. The van der Waals surface area contributed by atoms with Crippen LogP contribution in [-0.2, 0) is 0 Å². The highest BCUT2D eigenvalue weighted by atomic mass is 16.1. The quantitative estimate of drug-likeness (QED) is 0.538. The summed E-state index contributed by atoms with van der Waals surface area (Å²) in [6, 6.07) is 9.70. The summed E-state index contributed by atoms with van der Waals surface area (Å²) >= 11 is 0. The van der Waals surface area contributed by atoms with Crippen molar-refractivity contribution in [1.82, 2.24) is 24.1 Å². The molecule has 0 radical (unpaired) electrons. The number of hydrogen-bond donors (Lipinski definition) is 0. The van der Waals surface area contributed by atoms with Crippen molar-refractivity contribution in [1.29, 1.82) is 0 Å². The Bertz CT molecular complexity index is 1080. The van der Waals surface area contributed by atoms with Gasteiger partial charge in [-0.25, -0.2) is 4.98 Å². The number of hydrogen-bond acceptors (Lipinski definition) is 4. The maximum absolute atomic E-state index is 12.9. The molecule has 108 valence electrons. The second-order valence-electron chi connectivity index (χ2n) is 5.26. The zero-order valence-electron chi connectivity index (χ0n) is 12.2. The summed E-state index contributed by atoms with van der Waals surface area (Å²) in [4.78, 5) is 21.3. The van der Waals surface area contributed by atoms with E-state index in [1.807, 2.05) is 44.2 Å². The van der Waals surface area contributed by atoms with Crippen molar-refractivity contribution in [2.45, 2.75) is 13.8 Å². The van der Waals surface area contributed by atoms with Crippen LogP contribution in [0.15, 0.2) is 47.7 Å². The standard InChI is InChI=1S/C16H13N5O/c1-10-4-3-5-12(8-10)20-7-6-13-14(15(20)22)11(2)19-16-17-9-18-21(13)16/h3-9H,1-2H3. The molecule has 6 heteroatoms. The minimum Gasteiger partial charge on any atom is -0.284 e. The summed E-state index contributed by atoms with van der Waals surface area (Å²) < 4.78 is 3.22. The van der Waals surface area contributed by atoms with E-state index in [-0.39, 0.29) is 5.56 Å². The van der Waals surface area contributed by atoms with E-state index in [9.17, 15) is 4.79 Å². The molecular weight excluding hydrogens is 278 g/mol. The average Bonchev–Trinajstić information content (AvgIpc) is 2.95. The minimum absolute atomic E-state index is 0.106. The zero-order chi connectivity index (χ0) is 15.3. The van der Waals surface area contributed by atoms with Crippen LogP contribution in [0.5, 0.6) is 0 Å². The normalized spacial score (nSPS) is 11.4. The molecule has 3 aromatic heterocycles. The third-order valence-electron chi connectivity index (χ3n) is 3.74. The highest BCUT2D eigenvalue weighted by Gasteiger charge is 2.12. The number of pyridine rings is 1. The van der Waals surface area contributed by atoms with Crippen molar-refractivity contribution in [3.63, 3.8) is 0 Å². The first kappa shape index (κ1) is 12.7. The number of fused-ring (bicyclic) bond motifs is 3. The van der Waals surface area contributed by atoms with Crippen LogP contribution in [0.1, 0.15) is 11.3 Å². The maximum Gasteiger partial charge on any atom is 0.266 e. The molecule has 0 saturated heterocycles. The summed E-state index contributed by atoms with van der Waals surface area (Å²) in [5.74, 6) is 0.498. The molecule has 0 fully saturated rings. The summed E-state index contributed by atoms with van der Waals surface area (Å²) in [5.41, 5.74) is 3.21. The van der Waals surface area contributed by atoms with E-state index >= 15 is 0 Å². The summed E-state index contributed by atoms with van der Waals surface area (Å²) in [7, 11) is 0. The maximum atomic E-state index is 12.9. The molecule has 0 unspecified atom stereocenters. The third-order valence-corrected chi connectivity index (χ3v) is 3.74. The Kier molecular flexibility index (Phi) is 2.59. The van der Waals surface area contributed by atoms with Crippen molar-refractivity contribution < 1.29 is 0 Å². The molecule has 0 atom stereocenters. The van der Waals surface area contributed by atoms with Gasteiger partial charge in [0, 0.05) is 11.9 Å². The Morgan fingerprint density at radius 2 is 2.00 bits per heavy atom. The highest BCUT2D eigenvalue weighted by Crippen LogP contribution is 2.16. The highest BCUT2D eigenvalue weighted by molar-refractivity contribution is 5.82. The van der Waals surface area contributed by atoms with E-state index in [1.54, 1.807) is 15.3 Å². The van der Waals surface area contributed by atoms with Gasteiger partial charge in [-0.15, -0.1) is 0 Å². The molecule has 4 aromatic rings. The second-order valence-corrected chi connectivity index (χ2v) is 5.26. The van der Waals surface area contributed by atoms with Crippen LogP contribution in [0, 0.1) is 13.8 Å². The molecule has 0 amide bonds. The van der Waals surface area contributed by atoms with E-state index in [1.165, 1.54) is 6.33 Å². The Hall–Kier alpha value is -3.02. The number of nitrogens with zero attached hydrogens (tertiary/aromatic N) is 5. The van der Waals surface area contributed by atoms with Gasteiger partial charge in [0.25, 0.3) is 11.3 Å².